The fourth-order valence-corrected chi connectivity index (χ4v) is 4.01. The number of nitrogens with one attached hydrogen (secondary N) is 2. The van der Waals surface area contributed by atoms with Gasteiger partial charge >= 0.3 is 0 Å². The Morgan fingerprint density at radius 3 is 2.75 bits per heavy atom. The Morgan fingerprint density at radius 1 is 1.40 bits per heavy atom. The minimum Gasteiger partial charge on any atom is -0.383 e. The minimum atomic E-state index is -3.48. The molecule has 5 nitrogen and oxygen atoms in total. The Balaban J connectivity index is 2.11. The molecule has 0 aromatic heterocycles. The summed E-state index contributed by atoms with van der Waals surface area (Å²) in [4.78, 5) is 0.338. The number of benzene rings is 1. The van der Waals surface area contributed by atoms with Crippen molar-refractivity contribution >= 4 is 10.0 Å². The third-order valence-corrected chi connectivity index (χ3v) is 5.30. The third-order valence-electron chi connectivity index (χ3n) is 3.74. The molecule has 1 atom stereocenters. The molecule has 0 amide bonds. The molecule has 1 aromatic rings. The molecule has 112 valence electrons. The van der Waals surface area contributed by atoms with E-state index in [1.807, 2.05) is 6.07 Å². The van der Waals surface area contributed by atoms with Gasteiger partial charge in [-0.3, -0.25) is 0 Å². The van der Waals surface area contributed by atoms with Crippen LogP contribution in [-0.4, -0.2) is 40.8 Å². The van der Waals surface area contributed by atoms with Crippen molar-refractivity contribution in [3.05, 3.63) is 29.8 Å². The summed E-state index contributed by atoms with van der Waals surface area (Å²) in [6, 6.07) is 7.00. The van der Waals surface area contributed by atoms with Crippen LogP contribution < -0.4 is 10.0 Å². The highest BCUT2D eigenvalue weighted by Gasteiger charge is 2.34. The van der Waals surface area contributed by atoms with Gasteiger partial charge in [-0.2, -0.15) is 0 Å². The van der Waals surface area contributed by atoms with E-state index in [-0.39, 0.29) is 5.54 Å². The van der Waals surface area contributed by atoms with Crippen molar-refractivity contribution in [1.82, 2.24) is 10.0 Å². The number of aryl methyl sites for hydroxylation is 1. The minimum absolute atomic E-state index is 0.287. The van der Waals surface area contributed by atoms with E-state index in [2.05, 4.69) is 10.0 Å². The number of sulfonamides is 1. The molecular formula is C14H22N2O3S. The second-order valence-corrected chi connectivity index (χ2v) is 7.07. The molecule has 0 radical (unpaired) electrons. The van der Waals surface area contributed by atoms with Gasteiger partial charge in [-0.25, -0.2) is 13.1 Å². The van der Waals surface area contributed by atoms with Crippen LogP contribution in [0.5, 0.6) is 0 Å². The number of ether oxygens (including phenoxy) is 1. The van der Waals surface area contributed by atoms with Crippen LogP contribution in [0.3, 0.4) is 0 Å². The fraction of sp³-hybridized carbons (Fsp3) is 0.571. The molecule has 1 aliphatic heterocycles. The SMILES string of the molecule is COCC1(CNS(=O)(=O)c2ccccc2C)CCCN1. The Bertz CT molecular complexity index is 551. The molecule has 6 heteroatoms. The van der Waals surface area contributed by atoms with Gasteiger partial charge in [0.05, 0.1) is 17.0 Å². The molecule has 0 saturated carbocycles. The summed E-state index contributed by atoms with van der Waals surface area (Å²) in [5, 5.41) is 3.36. The first-order valence-corrected chi connectivity index (χ1v) is 8.27. The average Bonchev–Trinajstić information content (AvgIpc) is 2.87. The molecule has 0 spiro atoms. The summed E-state index contributed by atoms with van der Waals surface area (Å²) in [5.41, 5.74) is 0.463. The third kappa shape index (κ3) is 3.38. The molecule has 20 heavy (non-hydrogen) atoms. The van der Waals surface area contributed by atoms with E-state index in [4.69, 9.17) is 4.74 Å². The smallest absolute Gasteiger partial charge is 0.240 e. The normalized spacial score (nSPS) is 23.1. The van der Waals surface area contributed by atoms with E-state index in [1.165, 1.54) is 0 Å². The molecule has 1 aliphatic rings. The summed E-state index contributed by atoms with van der Waals surface area (Å²) in [7, 11) is -1.84. The van der Waals surface area contributed by atoms with Crippen LogP contribution in [0.4, 0.5) is 0 Å². The van der Waals surface area contributed by atoms with E-state index >= 15 is 0 Å². The van der Waals surface area contributed by atoms with Crippen molar-refractivity contribution in [2.45, 2.75) is 30.2 Å². The lowest BCUT2D eigenvalue weighted by atomic mass is 9.99. The molecule has 1 aromatic carbocycles. The van der Waals surface area contributed by atoms with Gasteiger partial charge in [-0.15, -0.1) is 0 Å². The highest BCUT2D eigenvalue weighted by molar-refractivity contribution is 7.89. The van der Waals surface area contributed by atoms with Crippen molar-refractivity contribution in [3.63, 3.8) is 0 Å². The molecule has 0 aliphatic carbocycles. The van der Waals surface area contributed by atoms with E-state index < -0.39 is 10.0 Å². The maximum Gasteiger partial charge on any atom is 0.240 e. The van der Waals surface area contributed by atoms with Gasteiger partial charge in [-0.1, -0.05) is 18.2 Å². The largest absolute Gasteiger partial charge is 0.383 e. The zero-order valence-corrected chi connectivity index (χ0v) is 12.8. The van der Waals surface area contributed by atoms with Crippen LogP contribution in [-0.2, 0) is 14.8 Å². The van der Waals surface area contributed by atoms with Crippen LogP contribution in [0.15, 0.2) is 29.2 Å². The van der Waals surface area contributed by atoms with Gasteiger partial charge in [-0.05, 0) is 37.9 Å². The second kappa shape index (κ2) is 6.22. The highest BCUT2D eigenvalue weighted by Crippen LogP contribution is 2.20. The lowest BCUT2D eigenvalue weighted by Gasteiger charge is -2.29. The first-order chi connectivity index (χ1) is 9.49. The molecule has 1 unspecified atom stereocenters. The monoisotopic (exact) mass is 298 g/mol. The van der Waals surface area contributed by atoms with Crippen molar-refractivity contribution in [3.8, 4) is 0 Å². The van der Waals surface area contributed by atoms with E-state index in [0.717, 1.165) is 24.9 Å². The highest BCUT2D eigenvalue weighted by atomic mass is 32.2. The lowest BCUT2D eigenvalue weighted by Crippen LogP contribution is -2.52. The molecule has 0 bridgehead atoms. The molecule has 2 rings (SSSR count). The molecule has 2 N–H and O–H groups in total. The number of hydrogen-bond donors (Lipinski definition) is 2. The Morgan fingerprint density at radius 2 is 2.15 bits per heavy atom. The van der Waals surface area contributed by atoms with Gasteiger partial charge in [0.1, 0.15) is 0 Å². The van der Waals surface area contributed by atoms with Crippen LogP contribution in [0.2, 0.25) is 0 Å². The molecular weight excluding hydrogens is 276 g/mol. The fourth-order valence-electron chi connectivity index (χ4n) is 2.64. The van der Waals surface area contributed by atoms with Gasteiger partial charge in [0.2, 0.25) is 10.0 Å². The first-order valence-electron chi connectivity index (χ1n) is 6.78. The quantitative estimate of drug-likeness (QED) is 0.823. The lowest BCUT2D eigenvalue weighted by molar-refractivity contribution is 0.122. The summed E-state index contributed by atoms with van der Waals surface area (Å²) in [6.45, 7) is 3.55. The number of methoxy groups -OCH3 is 1. The maximum absolute atomic E-state index is 12.4. The van der Waals surface area contributed by atoms with Crippen LogP contribution in [0, 0.1) is 6.92 Å². The standard InChI is InChI=1S/C14H22N2O3S/c1-12-6-3-4-7-13(12)20(17,18)16-10-14(11-19-2)8-5-9-15-14/h3-4,6-7,15-16H,5,8-11H2,1-2H3. The number of hydrogen-bond acceptors (Lipinski definition) is 4. The topological polar surface area (TPSA) is 67.4 Å². The van der Waals surface area contributed by atoms with E-state index in [9.17, 15) is 8.42 Å². The zero-order valence-electron chi connectivity index (χ0n) is 12.0. The van der Waals surface area contributed by atoms with Crippen LogP contribution in [0.1, 0.15) is 18.4 Å². The van der Waals surface area contributed by atoms with E-state index in [1.54, 1.807) is 32.2 Å². The summed E-state index contributed by atoms with van der Waals surface area (Å²) in [5.74, 6) is 0. The van der Waals surface area contributed by atoms with E-state index in [0.29, 0.717) is 18.0 Å². The van der Waals surface area contributed by atoms with Crippen molar-refractivity contribution < 1.29 is 13.2 Å². The summed E-state index contributed by atoms with van der Waals surface area (Å²) in [6.07, 6.45) is 1.95. The summed E-state index contributed by atoms with van der Waals surface area (Å²) >= 11 is 0. The molecule has 1 fully saturated rings. The molecule has 1 saturated heterocycles. The predicted molar refractivity (Wildman–Crippen MR) is 78.2 cm³/mol. The van der Waals surface area contributed by atoms with Gasteiger partial charge in [0, 0.05) is 13.7 Å². The van der Waals surface area contributed by atoms with Crippen molar-refractivity contribution in [2.75, 3.05) is 26.8 Å². The molecule has 1 heterocycles. The predicted octanol–water partition coefficient (Wildman–Crippen LogP) is 1.04. The van der Waals surface area contributed by atoms with Crippen LogP contribution >= 0.6 is 0 Å². The Hall–Kier alpha value is -0.950. The second-order valence-electron chi connectivity index (χ2n) is 5.33. The Labute approximate surface area is 120 Å². The number of rotatable bonds is 6. The van der Waals surface area contributed by atoms with Crippen molar-refractivity contribution in [1.29, 1.82) is 0 Å². The zero-order chi connectivity index (χ0) is 14.6. The van der Waals surface area contributed by atoms with Gasteiger partial charge in [0.25, 0.3) is 0 Å². The van der Waals surface area contributed by atoms with Gasteiger partial charge in [0.15, 0.2) is 0 Å². The van der Waals surface area contributed by atoms with Gasteiger partial charge < -0.3 is 10.1 Å². The average molecular weight is 298 g/mol. The van der Waals surface area contributed by atoms with Crippen molar-refractivity contribution in [2.24, 2.45) is 0 Å². The first kappa shape index (κ1) is 15.4. The van der Waals surface area contributed by atoms with Crippen LogP contribution in [0.25, 0.3) is 0 Å². The Kier molecular flexibility index (Phi) is 4.80. The summed E-state index contributed by atoms with van der Waals surface area (Å²) < 4.78 is 32.7. The maximum atomic E-state index is 12.4.